The summed E-state index contributed by atoms with van der Waals surface area (Å²) in [5, 5.41) is 9.00. The van der Waals surface area contributed by atoms with E-state index in [9.17, 15) is 0 Å². The van der Waals surface area contributed by atoms with Gasteiger partial charge in [-0.3, -0.25) is 0 Å². The predicted molar refractivity (Wildman–Crippen MR) is 89.6 cm³/mol. The van der Waals surface area contributed by atoms with Gasteiger partial charge in [0.1, 0.15) is 11.3 Å². The Morgan fingerprint density at radius 3 is 2.65 bits per heavy atom. The van der Waals surface area contributed by atoms with E-state index in [0.29, 0.717) is 0 Å². The molecule has 3 heterocycles. The van der Waals surface area contributed by atoms with Crippen molar-refractivity contribution in [3.05, 3.63) is 47.9 Å². The third-order valence-electron chi connectivity index (χ3n) is 4.11. The van der Waals surface area contributed by atoms with Crippen LogP contribution < -0.4 is 0 Å². The monoisotopic (exact) mass is 306 g/mol. The summed E-state index contributed by atoms with van der Waals surface area (Å²) in [7, 11) is 0. The van der Waals surface area contributed by atoms with Gasteiger partial charge >= 0.3 is 0 Å². The maximum absolute atomic E-state index is 4.73. The lowest BCUT2D eigenvalue weighted by Crippen LogP contribution is -1.98. The topological polar surface area (TPSA) is 64.3 Å². The first kappa shape index (κ1) is 13.8. The number of rotatable bonds is 3. The molecule has 6 heteroatoms. The van der Waals surface area contributed by atoms with Crippen LogP contribution >= 0.6 is 0 Å². The van der Waals surface area contributed by atoms with E-state index in [1.54, 1.807) is 0 Å². The fraction of sp³-hybridized carbons (Fsp3) is 0.235. The van der Waals surface area contributed by atoms with Gasteiger partial charge in [0.2, 0.25) is 0 Å². The lowest BCUT2D eigenvalue weighted by Gasteiger charge is -2.04. The normalized spacial score (nSPS) is 11.4. The molecular weight excluding hydrogens is 288 g/mol. The van der Waals surface area contributed by atoms with E-state index in [2.05, 4.69) is 41.2 Å². The minimum Gasteiger partial charge on any atom is -0.335 e. The number of H-pyrrole nitrogens is 1. The average Bonchev–Trinajstić information content (AvgIpc) is 3.20. The van der Waals surface area contributed by atoms with Crippen LogP contribution in [0.2, 0.25) is 0 Å². The molecule has 0 unspecified atom stereocenters. The van der Waals surface area contributed by atoms with E-state index in [-0.39, 0.29) is 0 Å². The van der Waals surface area contributed by atoms with Crippen molar-refractivity contribution in [1.29, 1.82) is 0 Å². The number of nitrogens with one attached hydrogen (secondary N) is 1. The summed E-state index contributed by atoms with van der Waals surface area (Å²) in [4.78, 5) is 8.10. The largest absolute Gasteiger partial charge is 0.335 e. The van der Waals surface area contributed by atoms with Gasteiger partial charge in [-0.25, -0.2) is 14.3 Å². The first-order valence-corrected chi connectivity index (χ1v) is 7.72. The SMILES string of the molecule is CCn1ncc2[nH]c(-c3c(C)nn(-c4ccccc4)c3C)nc21. The fourth-order valence-electron chi connectivity index (χ4n) is 3.00. The number of aromatic nitrogens is 6. The molecule has 0 aliphatic rings. The molecule has 0 fully saturated rings. The van der Waals surface area contributed by atoms with Gasteiger partial charge in [0.25, 0.3) is 0 Å². The van der Waals surface area contributed by atoms with E-state index < -0.39 is 0 Å². The third kappa shape index (κ3) is 2.06. The first-order valence-electron chi connectivity index (χ1n) is 7.72. The van der Waals surface area contributed by atoms with Crippen LogP contribution in [0.4, 0.5) is 0 Å². The molecule has 0 saturated carbocycles. The van der Waals surface area contributed by atoms with E-state index in [0.717, 1.165) is 46.2 Å². The molecular formula is C17H18N6. The lowest BCUT2D eigenvalue weighted by molar-refractivity contribution is 0.677. The standard InChI is InChI=1S/C17H18N6/c1-4-22-17-14(10-18-22)19-16(20-17)15-11(2)21-23(12(15)3)13-8-6-5-7-9-13/h5-10H,4H2,1-3H3,(H,19,20). The number of para-hydroxylation sites is 1. The summed E-state index contributed by atoms with van der Waals surface area (Å²) in [6.45, 7) is 6.95. The molecule has 116 valence electrons. The Balaban J connectivity index is 1.88. The molecule has 0 atom stereocenters. The molecule has 0 bridgehead atoms. The molecule has 0 radical (unpaired) electrons. The maximum Gasteiger partial charge on any atom is 0.176 e. The molecule has 0 aliphatic heterocycles. The lowest BCUT2D eigenvalue weighted by atomic mass is 10.2. The van der Waals surface area contributed by atoms with Crippen LogP contribution in [0.25, 0.3) is 28.2 Å². The molecule has 6 nitrogen and oxygen atoms in total. The predicted octanol–water partition coefficient (Wildman–Crippen LogP) is 3.25. The Morgan fingerprint density at radius 1 is 1.13 bits per heavy atom. The molecule has 0 amide bonds. The van der Waals surface area contributed by atoms with Crippen molar-refractivity contribution in [2.45, 2.75) is 27.3 Å². The van der Waals surface area contributed by atoms with Crippen molar-refractivity contribution in [2.75, 3.05) is 0 Å². The van der Waals surface area contributed by atoms with Gasteiger partial charge in [0.15, 0.2) is 5.65 Å². The molecule has 0 spiro atoms. The zero-order chi connectivity index (χ0) is 16.0. The van der Waals surface area contributed by atoms with Crippen LogP contribution in [-0.4, -0.2) is 29.5 Å². The number of aryl methyl sites for hydroxylation is 2. The van der Waals surface area contributed by atoms with Crippen molar-refractivity contribution < 1.29 is 0 Å². The van der Waals surface area contributed by atoms with Gasteiger partial charge in [-0.15, -0.1) is 0 Å². The van der Waals surface area contributed by atoms with E-state index in [1.807, 2.05) is 40.7 Å². The Labute approximate surface area is 133 Å². The Kier molecular flexibility index (Phi) is 3.04. The second-order valence-electron chi connectivity index (χ2n) is 5.58. The van der Waals surface area contributed by atoms with Crippen LogP contribution in [0.1, 0.15) is 18.3 Å². The maximum atomic E-state index is 4.73. The highest BCUT2D eigenvalue weighted by Crippen LogP contribution is 2.28. The molecule has 4 aromatic rings. The zero-order valence-corrected chi connectivity index (χ0v) is 13.4. The molecule has 23 heavy (non-hydrogen) atoms. The van der Waals surface area contributed by atoms with Gasteiger partial charge in [0, 0.05) is 6.54 Å². The minimum atomic E-state index is 0.801. The molecule has 1 N–H and O–H groups in total. The van der Waals surface area contributed by atoms with Crippen LogP contribution in [0, 0.1) is 13.8 Å². The second kappa shape index (κ2) is 5.08. The Morgan fingerprint density at radius 2 is 1.91 bits per heavy atom. The molecule has 3 aromatic heterocycles. The van der Waals surface area contributed by atoms with Crippen molar-refractivity contribution in [2.24, 2.45) is 0 Å². The second-order valence-corrected chi connectivity index (χ2v) is 5.58. The van der Waals surface area contributed by atoms with E-state index in [1.165, 1.54) is 0 Å². The summed E-state index contributed by atoms with van der Waals surface area (Å²) in [6, 6.07) is 10.1. The van der Waals surface area contributed by atoms with Crippen LogP contribution in [0.3, 0.4) is 0 Å². The zero-order valence-electron chi connectivity index (χ0n) is 13.4. The van der Waals surface area contributed by atoms with Crippen molar-refractivity contribution in [3.63, 3.8) is 0 Å². The van der Waals surface area contributed by atoms with Crippen LogP contribution in [0.15, 0.2) is 36.5 Å². The summed E-state index contributed by atoms with van der Waals surface area (Å²) in [6.07, 6.45) is 1.82. The molecule has 0 saturated heterocycles. The van der Waals surface area contributed by atoms with Gasteiger partial charge in [-0.2, -0.15) is 10.2 Å². The number of nitrogens with zero attached hydrogens (tertiary/aromatic N) is 5. The average molecular weight is 306 g/mol. The number of aromatic amines is 1. The van der Waals surface area contributed by atoms with Crippen LogP contribution in [0.5, 0.6) is 0 Å². The van der Waals surface area contributed by atoms with Crippen molar-refractivity contribution in [3.8, 4) is 17.1 Å². The Hall–Kier alpha value is -2.89. The highest BCUT2D eigenvalue weighted by Gasteiger charge is 2.18. The van der Waals surface area contributed by atoms with Gasteiger partial charge < -0.3 is 4.98 Å². The van der Waals surface area contributed by atoms with Gasteiger partial charge in [-0.05, 0) is 32.9 Å². The van der Waals surface area contributed by atoms with Gasteiger partial charge in [0.05, 0.1) is 28.8 Å². The fourth-order valence-corrected chi connectivity index (χ4v) is 3.00. The third-order valence-corrected chi connectivity index (χ3v) is 4.11. The highest BCUT2D eigenvalue weighted by atomic mass is 15.3. The van der Waals surface area contributed by atoms with E-state index >= 15 is 0 Å². The summed E-state index contributed by atoms with van der Waals surface area (Å²) in [5.41, 5.74) is 5.96. The summed E-state index contributed by atoms with van der Waals surface area (Å²) < 4.78 is 3.85. The Bertz CT molecular complexity index is 974. The van der Waals surface area contributed by atoms with Crippen LogP contribution in [-0.2, 0) is 6.54 Å². The summed E-state index contributed by atoms with van der Waals surface area (Å²) >= 11 is 0. The molecule has 1 aromatic carbocycles. The minimum absolute atomic E-state index is 0.801. The number of hydrogen-bond donors (Lipinski definition) is 1. The number of imidazole rings is 1. The number of benzene rings is 1. The smallest absolute Gasteiger partial charge is 0.176 e. The van der Waals surface area contributed by atoms with Crippen molar-refractivity contribution >= 4 is 11.2 Å². The van der Waals surface area contributed by atoms with Crippen molar-refractivity contribution in [1.82, 2.24) is 29.5 Å². The van der Waals surface area contributed by atoms with E-state index in [4.69, 9.17) is 4.98 Å². The highest BCUT2D eigenvalue weighted by molar-refractivity contribution is 5.77. The molecule has 0 aliphatic carbocycles. The van der Waals surface area contributed by atoms with Gasteiger partial charge in [-0.1, -0.05) is 18.2 Å². The quantitative estimate of drug-likeness (QED) is 0.632. The summed E-state index contributed by atoms with van der Waals surface area (Å²) in [5.74, 6) is 0.844. The first-order chi connectivity index (χ1) is 11.2. The molecule has 4 rings (SSSR count). The number of fused-ring (bicyclic) bond motifs is 1. The number of hydrogen-bond acceptors (Lipinski definition) is 3.